The maximum atomic E-state index is 11.9. The lowest BCUT2D eigenvalue weighted by molar-refractivity contribution is -0.151. The average molecular weight is 250 g/mol. The molecule has 1 unspecified atom stereocenters. The minimum absolute atomic E-state index is 0.251. The van der Waals surface area contributed by atoms with E-state index in [1.165, 1.54) is 0 Å². The van der Waals surface area contributed by atoms with Gasteiger partial charge < -0.3 is 4.74 Å². The molecule has 1 aromatic rings. The van der Waals surface area contributed by atoms with Crippen molar-refractivity contribution in [1.29, 1.82) is 0 Å². The van der Waals surface area contributed by atoms with Gasteiger partial charge in [-0.15, -0.1) is 6.58 Å². The van der Waals surface area contributed by atoms with Gasteiger partial charge in [0.25, 0.3) is 0 Å². The Kier molecular flexibility index (Phi) is 4.70. The van der Waals surface area contributed by atoms with Crippen LogP contribution in [0.2, 0.25) is 0 Å². The number of hydrogen-bond acceptors (Lipinski definition) is 3. The summed E-state index contributed by atoms with van der Waals surface area (Å²) in [5.41, 5.74) is 0.158. The lowest BCUT2D eigenvalue weighted by Gasteiger charge is -2.22. The van der Waals surface area contributed by atoms with E-state index < -0.39 is 5.41 Å². The normalized spacial score (nSPS) is 14.3. The molecule has 0 saturated carbocycles. The number of nitrogens with zero attached hydrogens (tertiary/aromatic N) is 2. The number of rotatable bonds is 6. The minimum atomic E-state index is -0.716. The van der Waals surface area contributed by atoms with E-state index in [0.29, 0.717) is 19.1 Å². The van der Waals surface area contributed by atoms with Crippen molar-refractivity contribution in [2.24, 2.45) is 5.41 Å². The molecule has 1 heterocycles. The van der Waals surface area contributed by atoms with Crippen molar-refractivity contribution in [2.75, 3.05) is 6.61 Å². The van der Waals surface area contributed by atoms with Gasteiger partial charge in [-0.2, -0.15) is 5.10 Å². The first-order chi connectivity index (χ1) is 8.42. The highest BCUT2D eigenvalue weighted by atomic mass is 16.5. The summed E-state index contributed by atoms with van der Waals surface area (Å²) in [5, 5.41) is 4.45. The molecule has 4 heteroatoms. The molecule has 1 atom stereocenters. The summed E-state index contributed by atoms with van der Waals surface area (Å²) in [6, 6.07) is 2.25. The summed E-state index contributed by atoms with van der Waals surface area (Å²) < 4.78 is 6.96. The molecule has 18 heavy (non-hydrogen) atoms. The molecule has 0 N–H and O–H groups in total. The first-order valence-electron chi connectivity index (χ1n) is 6.27. The third-order valence-corrected chi connectivity index (χ3v) is 2.93. The van der Waals surface area contributed by atoms with Crippen LogP contribution in [0.3, 0.4) is 0 Å². The van der Waals surface area contributed by atoms with Crippen molar-refractivity contribution in [1.82, 2.24) is 9.78 Å². The molecular formula is C14H22N2O2. The summed E-state index contributed by atoms with van der Waals surface area (Å²) in [7, 11) is 0. The molecule has 0 fully saturated rings. The Morgan fingerprint density at radius 1 is 1.67 bits per heavy atom. The van der Waals surface area contributed by atoms with Gasteiger partial charge in [-0.25, -0.2) is 0 Å². The van der Waals surface area contributed by atoms with Crippen molar-refractivity contribution in [3.8, 4) is 0 Å². The Balaban J connectivity index is 2.84. The Labute approximate surface area is 109 Å². The highest BCUT2D eigenvalue weighted by Crippen LogP contribution is 2.25. The Bertz CT molecular complexity index is 423. The van der Waals surface area contributed by atoms with Crippen molar-refractivity contribution in [2.45, 2.75) is 40.2 Å². The number of ether oxygens (including phenoxy) is 1. The van der Waals surface area contributed by atoms with Crippen LogP contribution < -0.4 is 0 Å². The van der Waals surface area contributed by atoms with E-state index in [1.54, 1.807) is 13.0 Å². The molecule has 0 amide bonds. The maximum absolute atomic E-state index is 11.9. The van der Waals surface area contributed by atoms with Gasteiger partial charge >= 0.3 is 5.97 Å². The topological polar surface area (TPSA) is 44.1 Å². The van der Waals surface area contributed by atoms with Crippen molar-refractivity contribution >= 4 is 5.97 Å². The molecule has 0 bridgehead atoms. The number of carbonyl (C=O) groups is 1. The number of esters is 1. The van der Waals surface area contributed by atoms with Crippen LogP contribution in [-0.2, 0) is 16.0 Å². The van der Waals surface area contributed by atoms with Gasteiger partial charge in [-0.3, -0.25) is 9.48 Å². The second kappa shape index (κ2) is 5.85. The third kappa shape index (κ3) is 3.22. The van der Waals surface area contributed by atoms with E-state index in [0.717, 1.165) is 5.69 Å². The van der Waals surface area contributed by atoms with Crippen LogP contribution in [0.15, 0.2) is 24.9 Å². The highest BCUT2D eigenvalue weighted by Gasteiger charge is 2.32. The van der Waals surface area contributed by atoms with Crippen molar-refractivity contribution < 1.29 is 9.53 Å². The molecule has 0 aliphatic carbocycles. The van der Waals surface area contributed by atoms with Gasteiger partial charge in [0, 0.05) is 18.7 Å². The van der Waals surface area contributed by atoms with Gasteiger partial charge in [-0.1, -0.05) is 6.08 Å². The second-order valence-electron chi connectivity index (χ2n) is 4.90. The maximum Gasteiger partial charge on any atom is 0.316 e. The summed E-state index contributed by atoms with van der Waals surface area (Å²) in [6.07, 6.45) is 4.07. The van der Waals surface area contributed by atoms with E-state index in [4.69, 9.17) is 4.74 Å². The van der Waals surface area contributed by atoms with E-state index >= 15 is 0 Å². The van der Waals surface area contributed by atoms with Crippen LogP contribution >= 0.6 is 0 Å². The van der Waals surface area contributed by atoms with E-state index in [1.807, 2.05) is 23.9 Å². The van der Waals surface area contributed by atoms with E-state index in [2.05, 4.69) is 25.5 Å². The largest absolute Gasteiger partial charge is 0.465 e. The fraction of sp³-hybridized carbons (Fsp3) is 0.571. The lowest BCUT2D eigenvalue weighted by Crippen LogP contribution is -2.30. The van der Waals surface area contributed by atoms with E-state index in [9.17, 15) is 4.79 Å². The second-order valence-corrected chi connectivity index (χ2v) is 4.90. The third-order valence-electron chi connectivity index (χ3n) is 2.93. The van der Waals surface area contributed by atoms with Crippen molar-refractivity contribution in [3.05, 3.63) is 30.6 Å². The molecule has 100 valence electrons. The van der Waals surface area contributed by atoms with Crippen LogP contribution in [0.1, 0.15) is 39.4 Å². The van der Waals surface area contributed by atoms with Crippen LogP contribution in [0.5, 0.6) is 0 Å². The molecule has 0 spiro atoms. The lowest BCUT2D eigenvalue weighted by atomic mass is 9.86. The van der Waals surface area contributed by atoms with Gasteiger partial charge in [0.15, 0.2) is 0 Å². The molecule has 0 radical (unpaired) electrons. The highest BCUT2D eigenvalue weighted by molar-refractivity contribution is 5.78. The quantitative estimate of drug-likeness (QED) is 0.576. The molecule has 1 rings (SSSR count). The van der Waals surface area contributed by atoms with Crippen molar-refractivity contribution in [3.63, 3.8) is 0 Å². The average Bonchev–Trinajstić information content (AvgIpc) is 2.77. The predicted octanol–water partition coefficient (Wildman–Crippen LogP) is 2.76. The number of hydrogen-bond donors (Lipinski definition) is 0. The first-order valence-corrected chi connectivity index (χ1v) is 6.27. The zero-order chi connectivity index (χ0) is 13.8. The molecular weight excluding hydrogens is 228 g/mol. The van der Waals surface area contributed by atoms with Gasteiger partial charge in [0.05, 0.1) is 17.7 Å². The van der Waals surface area contributed by atoms with Crippen LogP contribution in [0, 0.1) is 5.41 Å². The number of aromatic nitrogens is 2. The SMILES string of the molecule is C=CC(C)(Cc1ccn(C(C)C)n1)C(=O)OCC. The fourth-order valence-corrected chi connectivity index (χ4v) is 1.66. The minimum Gasteiger partial charge on any atom is -0.465 e. The Hall–Kier alpha value is -1.58. The van der Waals surface area contributed by atoms with Crippen LogP contribution in [0.25, 0.3) is 0 Å². The molecule has 0 aliphatic rings. The summed E-state index contributed by atoms with van der Waals surface area (Å²) in [6.45, 7) is 11.9. The summed E-state index contributed by atoms with van der Waals surface area (Å²) in [5.74, 6) is -0.251. The first kappa shape index (κ1) is 14.5. The van der Waals surface area contributed by atoms with Gasteiger partial charge in [0.1, 0.15) is 0 Å². The standard InChI is InChI=1S/C14H22N2O2/c1-6-14(5,13(17)18-7-2)10-12-8-9-16(15-12)11(3)4/h6,8-9,11H,1,7,10H2,2-5H3. The zero-order valence-electron chi connectivity index (χ0n) is 11.6. The predicted molar refractivity (Wildman–Crippen MR) is 71.3 cm³/mol. The monoisotopic (exact) mass is 250 g/mol. The summed E-state index contributed by atoms with van der Waals surface area (Å²) >= 11 is 0. The van der Waals surface area contributed by atoms with Crippen LogP contribution in [0.4, 0.5) is 0 Å². The van der Waals surface area contributed by atoms with Crippen LogP contribution in [-0.4, -0.2) is 22.4 Å². The smallest absolute Gasteiger partial charge is 0.316 e. The molecule has 0 aliphatic heterocycles. The molecule has 1 aromatic heterocycles. The zero-order valence-corrected chi connectivity index (χ0v) is 11.6. The van der Waals surface area contributed by atoms with Gasteiger partial charge in [0.2, 0.25) is 0 Å². The molecule has 0 saturated heterocycles. The van der Waals surface area contributed by atoms with E-state index in [-0.39, 0.29) is 5.97 Å². The number of carbonyl (C=O) groups excluding carboxylic acids is 1. The summed E-state index contributed by atoms with van der Waals surface area (Å²) in [4.78, 5) is 11.9. The Morgan fingerprint density at radius 3 is 2.78 bits per heavy atom. The van der Waals surface area contributed by atoms with Gasteiger partial charge in [-0.05, 0) is 33.8 Å². The molecule has 4 nitrogen and oxygen atoms in total. The Morgan fingerprint density at radius 2 is 2.33 bits per heavy atom. The molecule has 0 aromatic carbocycles. The fourth-order valence-electron chi connectivity index (χ4n) is 1.66.